The van der Waals surface area contributed by atoms with Crippen LogP contribution in [0.4, 0.5) is 16.2 Å². The first-order valence-electron chi connectivity index (χ1n) is 7.85. The zero-order chi connectivity index (χ0) is 19.1. The van der Waals surface area contributed by atoms with E-state index >= 15 is 0 Å². The average molecular weight is 357 g/mol. The fourth-order valence-electron chi connectivity index (χ4n) is 2.44. The number of hydrogen-bond donors (Lipinski definition) is 2. The van der Waals surface area contributed by atoms with Crippen molar-refractivity contribution >= 4 is 23.4 Å². The van der Waals surface area contributed by atoms with Gasteiger partial charge in [-0.15, -0.1) is 0 Å². The first-order chi connectivity index (χ1) is 12.4. The first kappa shape index (κ1) is 18.9. The smallest absolute Gasteiger partial charge is 0.407 e. The minimum absolute atomic E-state index is 0.0941. The highest BCUT2D eigenvalue weighted by atomic mass is 16.6. The lowest BCUT2D eigenvalue weighted by Crippen LogP contribution is -2.45. The van der Waals surface area contributed by atoms with Crippen LogP contribution in [0.1, 0.15) is 11.1 Å². The molecule has 0 aliphatic rings. The lowest BCUT2D eigenvalue weighted by molar-refractivity contribution is -0.385. The van der Waals surface area contributed by atoms with E-state index < -0.39 is 23.0 Å². The largest absolute Gasteiger partial charge is 0.453 e. The maximum absolute atomic E-state index is 12.7. The van der Waals surface area contributed by atoms with Crippen molar-refractivity contribution in [3.8, 4) is 0 Å². The topological polar surface area (TPSA) is 111 Å². The molecule has 2 rings (SSSR count). The summed E-state index contributed by atoms with van der Waals surface area (Å²) in [7, 11) is 1.21. The molecule has 0 aliphatic carbocycles. The number of benzene rings is 2. The second-order valence-corrected chi connectivity index (χ2v) is 5.57. The van der Waals surface area contributed by atoms with E-state index in [9.17, 15) is 19.7 Å². The molecule has 0 radical (unpaired) electrons. The van der Waals surface area contributed by atoms with Crippen molar-refractivity contribution in [1.82, 2.24) is 5.32 Å². The quantitative estimate of drug-likeness (QED) is 0.610. The zero-order valence-corrected chi connectivity index (χ0v) is 14.4. The molecule has 26 heavy (non-hydrogen) atoms. The number of carbonyl (C=O) groups is 2. The van der Waals surface area contributed by atoms with Crippen molar-refractivity contribution < 1.29 is 19.2 Å². The maximum Gasteiger partial charge on any atom is 0.407 e. The number of amides is 2. The standard InChI is InChI=1S/C18H19N3O5/c1-12-14(9-6-10-16(12)21(24)25)19-17(22)15(20-18(23)26-2)11-13-7-4-3-5-8-13/h3-10,15H,11H2,1-2H3,(H,19,22)(H,20,23). The van der Waals surface area contributed by atoms with E-state index in [1.807, 2.05) is 30.3 Å². The van der Waals surface area contributed by atoms with Crippen molar-refractivity contribution in [1.29, 1.82) is 0 Å². The third-order valence-electron chi connectivity index (χ3n) is 3.84. The molecule has 0 saturated carbocycles. The zero-order valence-electron chi connectivity index (χ0n) is 14.4. The number of alkyl carbamates (subject to hydrolysis) is 1. The SMILES string of the molecule is COC(=O)NC(Cc1ccccc1)C(=O)Nc1cccc([N+](=O)[O-])c1C. The molecule has 1 atom stereocenters. The van der Waals surface area contributed by atoms with Gasteiger partial charge in [0.05, 0.1) is 23.3 Å². The number of nitro benzene ring substituents is 1. The number of anilines is 1. The van der Waals surface area contributed by atoms with E-state index in [2.05, 4.69) is 15.4 Å². The lowest BCUT2D eigenvalue weighted by atomic mass is 10.0. The summed E-state index contributed by atoms with van der Waals surface area (Å²) in [5.74, 6) is -0.497. The summed E-state index contributed by atoms with van der Waals surface area (Å²) in [5.41, 5.74) is 1.40. The molecule has 0 heterocycles. The average Bonchev–Trinajstić information content (AvgIpc) is 2.63. The minimum atomic E-state index is -0.900. The number of rotatable bonds is 6. The van der Waals surface area contributed by atoms with Gasteiger partial charge in [-0.2, -0.15) is 0 Å². The molecule has 0 bridgehead atoms. The Morgan fingerprint density at radius 3 is 2.46 bits per heavy atom. The van der Waals surface area contributed by atoms with Gasteiger partial charge in [-0.1, -0.05) is 36.4 Å². The second-order valence-electron chi connectivity index (χ2n) is 5.57. The molecule has 2 aromatic rings. The fraction of sp³-hybridized carbons (Fsp3) is 0.222. The van der Waals surface area contributed by atoms with Gasteiger partial charge in [0.2, 0.25) is 5.91 Å². The van der Waals surface area contributed by atoms with Crippen LogP contribution in [0.5, 0.6) is 0 Å². The van der Waals surface area contributed by atoms with Crippen LogP contribution in [-0.4, -0.2) is 30.1 Å². The lowest BCUT2D eigenvalue weighted by Gasteiger charge is -2.18. The highest BCUT2D eigenvalue weighted by Crippen LogP contribution is 2.25. The summed E-state index contributed by atoms with van der Waals surface area (Å²) in [4.78, 5) is 34.8. The first-order valence-corrected chi connectivity index (χ1v) is 7.85. The Morgan fingerprint density at radius 1 is 1.15 bits per heavy atom. The Morgan fingerprint density at radius 2 is 1.85 bits per heavy atom. The van der Waals surface area contributed by atoms with Gasteiger partial charge >= 0.3 is 6.09 Å². The number of nitrogens with one attached hydrogen (secondary N) is 2. The molecule has 2 N–H and O–H groups in total. The van der Waals surface area contributed by atoms with Crippen molar-refractivity contribution in [2.45, 2.75) is 19.4 Å². The van der Waals surface area contributed by atoms with Gasteiger partial charge in [-0.05, 0) is 18.6 Å². The van der Waals surface area contributed by atoms with Gasteiger partial charge in [0.25, 0.3) is 5.69 Å². The molecule has 0 spiro atoms. The van der Waals surface area contributed by atoms with Crippen molar-refractivity contribution in [2.75, 3.05) is 12.4 Å². The molecule has 0 aromatic heterocycles. The summed E-state index contributed by atoms with van der Waals surface area (Å²) < 4.78 is 4.57. The highest BCUT2D eigenvalue weighted by Gasteiger charge is 2.23. The number of methoxy groups -OCH3 is 1. The van der Waals surface area contributed by atoms with Crippen LogP contribution in [0.25, 0.3) is 0 Å². The van der Waals surface area contributed by atoms with E-state index in [1.54, 1.807) is 13.0 Å². The normalized spacial score (nSPS) is 11.3. The Balaban J connectivity index is 2.22. The van der Waals surface area contributed by atoms with Crippen LogP contribution in [0.3, 0.4) is 0 Å². The Hall–Kier alpha value is -3.42. The van der Waals surface area contributed by atoms with E-state index in [0.717, 1.165) is 5.56 Å². The molecule has 0 fully saturated rings. The summed E-state index contributed by atoms with van der Waals surface area (Å²) in [6, 6.07) is 12.7. The maximum atomic E-state index is 12.7. The molecule has 1 unspecified atom stereocenters. The molecule has 136 valence electrons. The number of hydrogen-bond acceptors (Lipinski definition) is 5. The van der Waals surface area contributed by atoms with Gasteiger partial charge in [-0.3, -0.25) is 14.9 Å². The van der Waals surface area contributed by atoms with Crippen molar-refractivity contribution in [3.63, 3.8) is 0 Å². The summed E-state index contributed by atoms with van der Waals surface area (Å²) >= 11 is 0. The molecule has 8 nitrogen and oxygen atoms in total. The van der Waals surface area contributed by atoms with E-state index in [0.29, 0.717) is 11.3 Å². The van der Waals surface area contributed by atoms with E-state index in [1.165, 1.54) is 19.2 Å². The van der Waals surface area contributed by atoms with Crippen LogP contribution in [-0.2, 0) is 16.0 Å². The molecular formula is C18H19N3O5. The molecule has 0 aliphatic heterocycles. The monoisotopic (exact) mass is 357 g/mol. The molecule has 8 heteroatoms. The van der Waals surface area contributed by atoms with Crippen LogP contribution >= 0.6 is 0 Å². The summed E-state index contributed by atoms with van der Waals surface area (Å²) in [6.07, 6.45) is -0.493. The van der Waals surface area contributed by atoms with Crippen molar-refractivity contribution in [3.05, 3.63) is 69.8 Å². The van der Waals surface area contributed by atoms with Crippen LogP contribution in [0, 0.1) is 17.0 Å². The van der Waals surface area contributed by atoms with E-state index in [-0.39, 0.29) is 12.1 Å². The third kappa shape index (κ3) is 4.79. The Kier molecular flexibility index (Phi) is 6.26. The summed E-state index contributed by atoms with van der Waals surface area (Å²) in [6.45, 7) is 1.55. The Bertz CT molecular complexity index is 808. The predicted octanol–water partition coefficient (Wildman–Crippen LogP) is 2.81. The number of ether oxygens (including phenoxy) is 1. The fourth-order valence-corrected chi connectivity index (χ4v) is 2.44. The minimum Gasteiger partial charge on any atom is -0.453 e. The summed E-state index contributed by atoms with van der Waals surface area (Å²) in [5, 5.41) is 16.2. The molecule has 0 saturated heterocycles. The number of nitro groups is 1. The van der Waals surface area contributed by atoms with Crippen molar-refractivity contribution in [2.24, 2.45) is 0 Å². The van der Waals surface area contributed by atoms with Crippen LogP contribution in [0.2, 0.25) is 0 Å². The number of carbonyl (C=O) groups excluding carboxylic acids is 2. The van der Waals surface area contributed by atoms with E-state index in [4.69, 9.17) is 0 Å². The second kappa shape index (κ2) is 8.61. The highest BCUT2D eigenvalue weighted by molar-refractivity contribution is 5.97. The molecule has 2 amide bonds. The molecule has 2 aromatic carbocycles. The van der Waals surface area contributed by atoms with Gasteiger partial charge in [0, 0.05) is 12.5 Å². The predicted molar refractivity (Wildman–Crippen MR) is 95.9 cm³/mol. The number of nitrogens with zero attached hydrogens (tertiary/aromatic N) is 1. The van der Waals surface area contributed by atoms with Gasteiger partial charge < -0.3 is 15.4 Å². The van der Waals surface area contributed by atoms with Gasteiger partial charge in [0.1, 0.15) is 6.04 Å². The van der Waals surface area contributed by atoms with Crippen LogP contribution in [0.15, 0.2) is 48.5 Å². The Labute approximate surface area is 150 Å². The molecular weight excluding hydrogens is 338 g/mol. The van der Waals surface area contributed by atoms with Crippen LogP contribution < -0.4 is 10.6 Å². The van der Waals surface area contributed by atoms with Gasteiger partial charge in [0.15, 0.2) is 0 Å². The van der Waals surface area contributed by atoms with Gasteiger partial charge in [-0.25, -0.2) is 4.79 Å². The third-order valence-corrected chi connectivity index (χ3v) is 3.84.